The number of rotatable bonds is 4. The first-order valence-electron chi connectivity index (χ1n) is 6.20. The highest BCUT2D eigenvalue weighted by Crippen LogP contribution is 2.22. The van der Waals surface area contributed by atoms with Crippen LogP contribution in [0.3, 0.4) is 0 Å². The van der Waals surface area contributed by atoms with Gasteiger partial charge in [-0.05, 0) is 43.7 Å². The molecule has 100 valence electrons. The summed E-state index contributed by atoms with van der Waals surface area (Å²) in [5.41, 5.74) is 7.96. The van der Waals surface area contributed by atoms with Crippen molar-refractivity contribution in [1.29, 1.82) is 0 Å². The third-order valence-corrected chi connectivity index (χ3v) is 2.90. The Balaban J connectivity index is 2.15. The molecule has 0 spiro atoms. The lowest BCUT2D eigenvalue weighted by Gasteiger charge is -2.14. The Morgan fingerprint density at radius 2 is 1.79 bits per heavy atom. The predicted octanol–water partition coefficient (Wildman–Crippen LogP) is 3.57. The van der Waals surface area contributed by atoms with Crippen molar-refractivity contribution < 1.29 is 4.74 Å². The van der Waals surface area contributed by atoms with Crippen molar-refractivity contribution in [3.8, 4) is 5.75 Å². The van der Waals surface area contributed by atoms with E-state index in [9.17, 15) is 0 Å². The number of benzene rings is 1. The summed E-state index contributed by atoms with van der Waals surface area (Å²) in [6, 6.07) is 11.1. The van der Waals surface area contributed by atoms with Gasteiger partial charge in [0.1, 0.15) is 5.75 Å². The Kier molecular flexibility index (Phi) is 4.40. The first kappa shape index (κ1) is 13.8. The molecule has 0 aliphatic rings. The van der Waals surface area contributed by atoms with E-state index in [2.05, 4.69) is 4.98 Å². The maximum absolute atomic E-state index is 6.17. The van der Waals surface area contributed by atoms with Crippen molar-refractivity contribution in [2.24, 2.45) is 5.73 Å². The molecular weight excluding hydrogens is 260 g/mol. The molecule has 3 nitrogen and oxygen atoms in total. The van der Waals surface area contributed by atoms with E-state index in [0.717, 1.165) is 17.0 Å². The lowest BCUT2D eigenvalue weighted by atomic mass is 10.0. The maximum atomic E-state index is 6.17. The van der Waals surface area contributed by atoms with Crippen molar-refractivity contribution in [3.63, 3.8) is 0 Å². The van der Waals surface area contributed by atoms with Crippen molar-refractivity contribution in [2.75, 3.05) is 0 Å². The zero-order chi connectivity index (χ0) is 13.8. The lowest BCUT2D eigenvalue weighted by molar-refractivity contribution is 0.242. The van der Waals surface area contributed by atoms with Gasteiger partial charge in [-0.3, -0.25) is 4.98 Å². The smallest absolute Gasteiger partial charge is 0.119 e. The fourth-order valence-corrected chi connectivity index (χ4v) is 1.88. The topological polar surface area (TPSA) is 48.1 Å². The second-order valence-corrected chi connectivity index (χ2v) is 5.05. The Morgan fingerprint density at radius 1 is 1.11 bits per heavy atom. The molecule has 0 radical (unpaired) electrons. The van der Waals surface area contributed by atoms with Crippen LogP contribution < -0.4 is 10.5 Å². The Labute approximate surface area is 118 Å². The quantitative estimate of drug-likeness (QED) is 0.929. The Hall–Kier alpha value is -1.58. The summed E-state index contributed by atoms with van der Waals surface area (Å²) < 4.78 is 5.60. The Morgan fingerprint density at radius 3 is 2.32 bits per heavy atom. The normalized spacial score (nSPS) is 12.5. The van der Waals surface area contributed by atoms with Gasteiger partial charge in [0, 0.05) is 6.20 Å². The number of nitrogens with two attached hydrogens (primary N) is 1. The van der Waals surface area contributed by atoms with Gasteiger partial charge in [0.15, 0.2) is 0 Å². The number of nitrogens with zero attached hydrogens (tertiary/aromatic N) is 1. The van der Waals surface area contributed by atoms with Gasteiger partial charge in [0.2, 0.25) is 0 Å². The number of aromatic nitrogens is 1. The molecule has 1 aromatic carbocycles. The van der Waals surface area contributed by atoms with Crippen molar-refractivity contribution >= 4 is 11.6 Å². The molecule has 0 fully saturated rings. The fourth-order valence-electron chi connectivity index (χ4n) is 1.77. The highest BCUT2D eigenvalue weighted by Gasteiger charge is 2.10. The number of halogens is 1. The number of hydrogen-bond acceptors (Lipinski definition) is 3. The van der Waals surface area contributed by atoms with Gasteiger partial charge in [0.25, 0.3) is 0 Å². The van der Waals surface area contributed by atoms with Crippen LogP contribution in [0.1, 0.15) is 31.1 Å². The Bertz CT molecular complexity index is 523. The number of pyridine rings is 1. The van der Waals surface area contributed by atoms with Crippen LogP contribution in [0.2, 0.25) is 5.02 Å². The lowest BCUT2D eigenvalue weighted by Crippen LogP contribution is -2.13. The van der Waals surface area contributed by atoms with Crippen molar-refractivity contribution in [3.05, 3.63) is 58.9 Å². The van der Waals surface area contributed by atoms with Gasteiger partial charge < -0.3 is 10.5 Å². The standard InChI is InChI=1S/C15H17ClN2O/c1-10(2)19-13-6-3-11(4-7-13)15(17)14-8-5-12(16)9-18-14/h3-10,15H,17H2,1-2H3. The van der Waals surface area contributed by atoms with Crippen LogP contribution in [0.4, 0.5) is 0 Å². The molecule has 0 bridgehead atoms. The molecule has 19 heavy (non-hydrogen) atoms. The summed E-state index contributed by atoms with van der Waals surface area (Å²) in [5, 5.41) is 0.608. The van der Waals surface area contributed by atoms with E-state index < -0.39 is 0 Å². The summed E-state index contributed by atoms with van der Waals surface area (Å²) >= 11 is 5.81. The molecule has 1 aromatic heterocycles. The molecule has 1 atom stereocenters. The van der Waals surface area contributed by atoms with E-state index in [4.69, 9.17) is 22.1 Å². The molecule has 0 aliphatic heterocycles. The molecule has 0 aliphatic carbocycles. The zero-order valence-electron chi connectivity index (χ0n) is 11.0. The van der Waals surface area contributed by atoms with E-state index in [1.165, 1.54) is 0 Å². The summed E-state index contributed by atoms with van der Waals surface area (Å²) in [6.45, 7) is 3.99. The molecule has 0 saturated carbocycles. The molecular formula is C15H17ClN2O. The number of hydrogen-bond donors (Lipinski definition) is 1. The molecule has 1 heterocycles. The van der Waals surface area contributed by atoms with Crippen LogP contribution in [-0.4, -0.2) is 11.1 Å². The molecule has 0 saturated heterocycles. The highest BCUT2D eigenvalue weighted by molar-refractivity contribution is 6.30. The van der Waals surface area contributed by atoms with Crippen molar-refractivity contribution in [2.45, 2.75) is 26.0 Å². The fraction of sp³-hybridized carbons (Fsp3) is 0.267. The minimum atomic E-state index is -0.259. The predicted molar refractivity (Wildman–Crippen MR) is 77.5 cm³/mol. The van der Waals surface area contributed by atoms with Crippen LogP contribution in [0.5, 0.6) is 5.75 Å². The van der Waals surface area contributed by atoms with Gasteiger partial charge >= 0.3 is 0 Å². The van der Waals surface area contributed by atoms with E-state index in [1.54, 1.807) is 12.3 Å². The van der Waals surface area contributed by atoms with Crippen LogP contribution in [0.15, 0.2) is 42.6 Å². The van der Waals surface area contributed by atoms with Crippen LogP contribution >= 0.6 is 11.6 Å². The average molecular weight is 277 g/mol. The number of ether oxygens (including phenoxy) is 1. The van der Waals surface area contributed by atoms with Gasteiger partial charge in [-0.2, -0.15) is 0 Å². The van der Waals surface area contributed by atoms with E-state index >= 15 is 0 Å². The van der Waals surface area contributed by atoms with E-state index in [1.807, 2.05) is 44.2 Å². The van der Waals surface area contributed by atoms with Crippen LogP contribution in [0, 0.1) is 0 Å². The largest absolute Gasteiger partial charge is 0.491 e. The van der Waals surface area contributed by atoms with Gasteiger partial charge in [0.05, 0.1) is 22.9 Å². The summed E-state index contributed by atoms with van der Waals surface area (Å²) in [4.78, 5) is 4.24. The minimum absolute atomic E-state index is 0.164. The second kappa shape index (κ2) is 6.04. The van der Waals surface area contributed by atoms with E-state index in [-0.39, 0.29) is 12.1 Å². The third-order valence-electron chi connectivity index (χ3n) is 2.68. The maximum Gasteiger partial charge on any atom is 0.119 e. The molecule has 1 unspecified atom stereocenters. The first-order valence-corrected chi connectivity index (χ1v) is 6.57. The van der Waals surface area contributed by atoms with Gasteiger partial charge in [-0.1, -0.05) is 23.7 Å². The minimum Gasteiger partial charge on any atom is -0.491 e. The molecule has 2 rings (SSSR count). The first-order chi connectivity index (χ1) is 9.06. The molecule has 2 aromatic rings. The molecule has 4 heteroatoms. The van der Waals surface area contributed by atoms with Gasteiger partial charge in [-0.25, -0.2) is 0 Å². The molecule has 2 N–H and O–H groups in total. The SMILES string of the molecule is CC(C)Oc1ccc(C(N)c2ccc(Cl)cn2)cc1. The van der Waals surface area contributed by atoms with Crippen LogP contribution in [0.25, 0.3) is 0 Å². The summed E-state index contributed by atoms with van der Waals surface area (Å²) in [6.07, 6.45) is 1.77. The van der Waals surface area contributed by atoms with E-state index in [0.29, 0.717) is 5.02 Å². The van der Waals surface area contributed by atoms with Gasteiger partial charge in [-0.15, -0.1) is 0 Å². The second-order valence-electron chi connectivity index (χ2n) is 4.61. The molecule has 0 amide bonds. The monoisotopic (exact) mass is 276 g/mol. The highest BCUT2D eigenvalue weighted by atomic mass is 35.5. The van der Waals surface area contributed by atoms with Crippen molar-refractivity contribution in [1.82, 2.24) is 4.98 Å². The summed E-state index contributed by atoms with van der Waals surface area (Å²) in [7, 11) is 0. The third kappa shape index (κ3) is 3.69. The zero-order valence-corrected chi connectivity index (χ0v) is 11.8. The average Bonchev–Trinajstić information content (AvgIpc) is 2.39. The summed E-state index contributed by atoms with van der Waals surface area (Å²) in [5.74, 6) is 0.843. The van der Waals surface area contributed by atoms with Crippen LogP contribution in [-0.2, 0) is 0 Å².